The Labute approximate surface area is 166 Å². The van der Waals surface area contributed by atoms with Gasteiger partial charge >= 0.3 is 18.3 Å². The first-order chi connectivity index (χ1) is 13.9. The molecule has 2 rings (SSSR count). The molecule has 0 unspecified atom stereocenters. The van der Waals surface area contributed by atoms with Crippen LogP contribution in [-0.4, -0.2) is 26.1 Å². The van der Waals surface area contributed by atoms with Crippen LogP contribution in [0.5, 0.6) is 5.75 Å². The maximum Gasteiger partial charge on any atom is 0.416 e. The van der Waals surface area contributed by atoms with Crippen molar-refractivity contribution in [1.29, 1.82) is 0 Å². The number of rotatable bonds is 5. The number of hydrogen-bond donors (Lipinski definition) is 1. The van der Waals surface area contributed by atoms with Crippen LogP contribution in [0.4, 0.5) is 26.3 Å². The van der Waals surface area contributed by atoms with Gasteiger partial charge in [-0.1, -0.05) is 6.07 Å². The van der Waals surface area contributed by atoms with Crippen LogP contribution in [-0.2, 0) is 23.6 Å². The van der Waals surface area contributed by atoms with Gasteiger partial charge in [0.05, 0.1) is 25.3 Å². The van der Waals surface area contributed by atoms with E-state index >= 15 is 0 Å². The fourth-order valence-electron chi connectivity index (χ4n) is 2.50. The molecule has 1 N–H and O–H groups in total. The highest BCUT2D eigenvalue weighted by Gasteiger charge is 2.37. The third-order valence-electron chi connectivity index (χ3n) is 3.97. The van der Waals surface area contributed by atoms with Crippen LogP contribution in [0, 0.1) is 0 Å². The Hall–Kier alpha value is -3.24. The molecule has 0 aliphatic heterocycles. The van der Waals surface area contributed by atoms with E-state index < -0.39 is 40.9 Å². The number of benzene rings is 2. The van der Waals surface area contributed by atoms with Gasteiger partial charge in [-0.25, -0.2) is 4.79 Å². The number of hydrogen-bond acceptors (Lipinski definition) is 4. The van der Waals surface area contributed by atoms with Gasteiger partial charge in [0.1, 0.15) is 11.3 Å². The Morgan fingerprint density at radius 3 is 1.93 bits per heavy atom. The Kier molecular flexibility index (Phi) is 6.63. The lowest BCUT2D eigenvalue weighted by Gasteiger charge is -2.14. The van der Waals surface area contributed by atoms with Crippen LogP contribution < -0.4 is 10.1 Å². The smallest absolute Gasteiger partial charge is 0.416 e. The van der Waals surface area contributed by atoms with E-state index in [0.717, 1.165) is 7.11 Å². The van der Waals surface area contributed by atoms with E-state index in [1.165, 1.54) is 25.3 Å². The van der Waals surface area contributed by atoms with Crippen molar-refractivity contribution in [2.24, 2.45) is 0 Å². The number of halogens is 6. The summed E-state index contributed by atoms with van der Waals surface area (Å²) in [4.78, 5) is 24.0. The number of esters is 1. The first kappa shape index (κ1) is 23.0. The van der Waals surface area contributed by atoms with E-state index in [9.17, 15) is 35.9 Å². The molecule has 1 amide bonds. The summed E-state index contributed by atoms with van der Waals surface area (Å²) in [5.74, 6) is -1.70. The van der Waals surface area contributed by atoms with E-state index in [-0.39, 0.29) is 23.9 Å². The topological polar surface area (TPSA) is 64.6 Å². The molecule has 2 aromatic carbocycles. The predicted octanol–water partition coefficient (Wildman–Crippen LogP) is 4.45. The van der Waals surface area contributed by atoms with E-state index in [0.29, 0.717) is 17.7 Å². The lowest BCUT2D eigenvalue weighted by atomic mass is 10.0. The predicted molar refractivity (Wildman–Crippen MR) is 91.9 cm³/mol. The Balaban J connectivity index is 2.29. The van der Waals surface area contributed by atoms with Gasteiger partial charge in [-0.2, -0.15) is 26.3 Å². The van der Waals surface area contributed by atoms with Crippen LogP contribution in [0.1, 0.15) is 37.4 Å². The first-order valence-corrected chi connectivity index (χ1v) is 8.19. The summed E-state index contributed by atoms with van der Waals surface area (Å²) in [6.07, 6.45) is -10.1. The van der Waals surface area contributed by atoms with E-state index in [1.54, 1.807) is 0 Å². The molecule has 30 heavy (non-hydrogen) atoms. The van der Waals surface area contributed by atoms with Crippen LogP contribution >= 0.6 is 0 Å². The van der Waals surface area contributed by atoms with Gasteiger partial charge < -0.3 is 14.8 Å². The summed E-state index contributed by atoms with van der Waals surface area (Å²) in [6.45, 7) is -0.273. The normalized spacial score (nSPS) is 11.7. The monoisotopic (exact) mass is 435 g/mol. The second-order valence-electron chi connectivity index (χ2n) is 6.00. The van der Waals surface area contributed by atoms with Crippen LogP contribution in [0.15, 0.2) is 36.4 Å². The number of ether oxygens (including phenoxy) is 2. The summed E-state index contributed by atoms with van der Waals surface area (Å²) in [6, 6.07) is 4.77. The third-order valence-corrected chi connectivity index (χ3v) is 3.97. The molecule has 0 saturated heterocycles. The first-order valence-electron chi connectivity index (χ1n) is 8.19. The van der Waals surface area contributed by atoms with Gasteiger partial charge in [-0.05, 0) is 35.9 Å². The molecule has 0 aliphatic carbocycles. The summed E-state index contributed by atoms with van der Waals surface area (Å²) >= 11 is 0. The lowest BCUT2D eigenvalue weighted by Crippen LogP contribution is -2.24. The SMILES string of the molecule is COC(=O)c1cc(CNC(=O)c2cc(C(F)(F)F)cc(C(F)(F)F)c2)ccc1OC. The van der Waals surface area contributed by atoms with Crippen molar-refractivity contribution in [3.05, 3.63) is 64.2 Å². The zero-order valence-corrected chi connectivity index (χ0v) is 15.6. The molecule has 162 valence electrons. The molecule has 0 fully saturated rings. The highest BCUT2D eigenvalue weighted by Crippen LogP contribution is 2.36. The fourth-order valence-corrected chi connectivity index (χ4v) is 2.50. The maximum absolute atomic E-state index is 12.9. The number of carbonyl (C=O) groups is 2. The molecule has 5 nitrogen and oxygen atoms in total. The standard InChI is InChI=1S/C19H15F6NO4/c1-29-15-4-3-10(5-14(15)17(28)30-2)9-26-16(27)11-6-12(18(20,21)22)8-13(7-11)19(23,24)25/h3-8H,9H2,1-2H3,(H,26,27). The van der Waals surface area contributed by atoms with Crippen molar-refractivity contribution in [3.63, 3.8) is 0 Å². The summed E-state index contributed by atoms with van der Waals surface area (Å²) in [7, 11) is 2.46. The van der Waals surface area contributed by atoms with Crippen molar-refractivity contribution in [2.75, 3.05) is 14.2 Å². The molecule has 0 heterocycles. The van der Waals surface area contributed by atoms with Gasteiger partial charge in [0.15, 0.2) is 0 Å². The van der Waals surface area contributed by atoms with Gasteiger partial charge in [-0.15, -0.1) is 0 Å². The van der Waals surface area contributed by atoms with Crippen molar-refractivity contribution >= 4 is 11.9 Å². The minimum Gasteiger partial charge on any atom is -0.496 e. The number of alkyl halides is 6. The second-order valence-corrected chi connectivity index (χ2v) is 6.00. The molecule has 0 atom stereocenters. The van der Waals surface area contributed by atoms with Crippen LogP contribution in [0.2, 0.25) is 0 Å². The average Bonchev–Trinajstić information content (AvgIpc) is 2.69. The molecular formula is C19H15F6NO4. The molecule has 0 aliphatic rings. The minimum absolute atomic E-state index is 0.0326. The second kappa shape index (κ2) is 8.64. The van der Waals surface area contributed by atoms with Gasteiger partial charge in [0, 0.05) is 12.1 Å². The van der Waals surface area contributed by atoms with Gasteiger partial charge in [0.2, 0.25) is 0 Å². The van der Waals surface area contributed by atoms with E-state index in [2.05, 4.69) is 10.1 Å². The van der Waals surface area contributed by atoms with Crippen molar-refractivity contribution in [2.45, 2.75) is 18.9 Å². The highest BCUT2D eigenvalue weighted by molar-refractivity contribution is 5.95. The molecule has 0 aromatic heterocycles. The molecule has 0 spiro atoms. The van der Waals surface area contributed by atoms with Crippen LogP contribution in [0.25, 0.3) is 0 Å². The number of amides is 1. The minimum atomic E-state index is -5.07. The lowest BCUT2D eigenvalue weighted by molar-refractivity contribution is -0.143. The highest BCUT2D eigenvalue weighted by atomic mass is 19.4. The quantitative estimate of drug-likeness (QED) is 0.557. The van der Waals surface area contributed by atoms with Crippen LogP contribution in [0.3, 0.4) is 0 Å². The molecule has 0 bridgehead atoms. The molecule has 0 saturated carbocycles. The van der Waals surface area contributed by atoms with Crippen molar-refractivity contribution < 1.29 is 45.4 Å². The summed E-state index contributed by atoms with van der Waals surface area (Å²) in [5, 5.41) is 2.23. The van der Waals surface area contributed by atoms with E-state index in [1.807, 2.05) is 0 Å². The van der Waals surface area contributed by atoms with Gasteiger partial charge in [-0.3, -0.25) is 4.79 Å². The van der Waals surface area contributed by atoms with Crippen molar-refractivity contribution in [1.82, 2.24) is 5.32 Å². The number of methoxy groups -OCH3 is 2. The van der Waals surface area contributed by atoms with Crippen molar-refractivity contribution in [3.8, 4) is 5.75 Å². The maximum atomic E-state index is 12.9. The molecular weight excluding hydrogens is 420 g/mol. The van der Waals surface area contributed by atoms with Gasteiger partial charge in [0.25, 0.3) is 5.91 Å². The Bertz CT molecular complexity index is 921. The zero-order valence-electron chi connectivity index (χ0n) is 15.6. The number of carbonyl (C=O) groups excluding carboxylic acids is 2. The zero-order chi connectivity index (χ0) is 22.7. The molecule has 11 heteroatoms. The fraction of sp³-hybridized carbons (Fsp3) is 0.263. The largest absolute Gasteiger partial charge is 0.496 e. The average molecular weight is 435 g/mol. The molecule has 0 radical (unpaired) electrons. The Morgan fingerprint density at radius 2 is 1.47 bits per heavy atom. The van der Waals surface area contributed by atoms with E-state index in [4.69, 9.17) is 4.74 Å². The third kappa shape index (κ3) is 5.43. The summed E-state index contributed by atoms with van der Waals surface area (Å²) < 4.78 is 87.1. The molecule has 2 aromatic rings. The summed E-state index contributed by atoms with van der Waals surface area (Å²) in [5.41, 5.74) is -3.63. The number of nitrogens with one attached hydrogen (secondary N) is 1. The Morgan fingerprint density at radius 1 is 0.900 bits per heavy atom.